The number of hydrogen-bond donors (Lipinski definition) is 1. The Labute approximate surface area is 86.2 Å². The number of nitrogens with two attached hydrogens (primary N) is 1. The lowest BCUT2D eigenvalue weighted by atomic mass is 10.1. The average Bonchev–Trinajstić information content (AvgIpc) is 2.01. The van der Waals surface area contributed by atoms with Crippen LogP contribution < -0.4 is 5.90 Å². The summed E-state index contributed by atoms with van der Waals surface area (Å²) in [4.78, 5) is 4.60. The van der Waals surface area contributed by atoms with Crippen LogP contribution in [0.2, 0.25) is 0 Å². The van der Waals surface area contributed by atoms with Crippen molar-refractivity contribution in [2.24, 2.45) is 5.90 Å². The highest BCUT2D eigenvalue weighted by molar-refractivity contribution is 14.1. The highest BCUT2D eigenvalue weighted by Gasteiger charge is 2.01. The van der Waals surface area contributed by atoms with Gasteiger partial charge in [-0.1, -0.05) is 6.07 Å². The van der Waals surface area contributed by atoms with Crippen LogP contribution in [-0.4, -0.2) is 0 Å². The third-order valence-corrected chi connectivity index (χ3v) is 2.91. The van der Waals surface area contributed by atoms with Crippen molar-refractivity contribution >= 4 is 22.6 Å². The van der Waals surface area contributed by atoms with Crippen molar-refractivity contribution in [2.45, 2.75) is 20.5 Å². The molecule has 0 atom stereocenters. The first-order valence-electron chi connectivity index (χ1n) is 3.72. The molecule has 12 heavy (non-hydrogen) atoms. The molecule has 0 spiro atoms. The van der Waals surface area contributed by atoms with Crippen molar-refractivity contribution in [3.8, 4) is 0 Å². The van der Waals surface area contributed by atoms with Gasteiger partial charge >= 0.3 is 0 Å². The molecule has 0 unspecified atom stereocenters. The van der Waals surface area contributed by atoms with Crippen LogP contribution in [0.15, 0.2) is 12.1 Å². The SMILES string of the molecule is Cc1cc(I)c(CON)cc1C. The predicted molar refractivity (Wildman–Crippen MR) is 57.6 cm³/mol. The van der Waals surface area contributed by atoms with E-state index >= 15 is 0 Å². The zero-order chi connectivity index (χ0) is 9.14. The Morgan fingerprint density at radius 1 is 1.33 bits per heavy atom. The minimum absolute atomic E-state index is 0.486. The van der Waals surface area contributed by atoms with Crippen molar-refractivity contribution in [1.29, 1.82) is 0 Å². The molecule has 66 valence electrons. The molecule has 3 heteroatoms. The maximum atomic E-state index is 5.01. The van der Waals surface area contributed by atoms with Gasteiger partial charge < -0.3 is 0 Å². The third kappa shape index (κ3) is 2.18. The molecule has 0 fully saturated rings. The number of hydrogen-bond acceptors (Lipinski definition) is 2. The summed E-state index contributed by atoms with van der Waals surface area (Å²) in [6, 6.07) is 4.26. The highest BCUT2D eigenvalue weighted by atomic mass is 127. The molecule has 0 aliphatic rings. The summed E-state index contributed by atoms with van der Waals surface area (Å²) in [5.41, 5.74) is 3.74. The van der Waals surface area contributed by atoms with Crippen LogP contribution >= 0.6 is 22.6 Å². The maximum absolute atomic E-state index is 5.01. The van der Waals surface area contributed by atoms with Crippen molar-refractivity contribution in [2.75, 3.05) is 0 Å². The zero-order valence-electron chi connectivity index (χ0n) is 7.23. The number of aryl methyl sites for hydroxylation is 2. The van der Waals surface area contributed by atoms with Gasteiger partial charge in [-0.3, -0.25) is 4.84 Å². The van der Waals surface area contributed by atoms with E-state index in [1.165, 1.54) is 14.7 Å². The third-order valence-electron chi connectivity index (χ3n) is 1.90. The molecule has 0 saturated carbocycles. The molecule has 0 aliphatic heterocycles. The molecule has 0 aromatic heterocycles. The summed E-state index contributed by atoms with van der Waals surface area (Å²) < 4.78 is 1.21. The first kappa shape index (κ1) is 9.95. The summed E-state index contributed by atoms with van der Waals surface area (Å²) in [7, 11) is 0. The van der Waals surface area contributed by atoms with E-state index < -0.39 is 0 Å². The summed E-state index contributed by atoms with van der Waals surface area (Å²) in [5.74, 6) is 5.01. The summed E-state index contributed by atoms with van der Waals surface area (Å²) in [6.07, 6.45) is 0. The monoisotopic (exact) mass is 277 g/mol. The van der Waals surface area contributed by atoms with Crippen molar-refractivity contribution < 1.29 is 4.84 Å². The van der Waals surface area contributed by atoms with Gasteiger partial charge in [-0.25, -0.2) is 5.90 Å². The van der Waals surface area contributed by atoms with E-state index in [2.05, 4.69) is 53.4 Å². The lowest BCUT2D eigenvalue weighted by molar-refractivity contribution is 0.123. The molecule has 0 saturated heterocycles. The van der Waals surface area contributed by atoms with E-state index in [-0.39, 0.29) is 0 Å². The minimum atomic E-state index is 0.486. The lowest BCUT2D eigenvalue weighted by Crippen LogP contribution is -2.01. The normalized spacial score (nSPS) is 10.3. The van der Waals surface area contributed by atoms with Gasteiger partial charge in [0.15, 0.2) is 0 Å². The van der Waals surface area contributed by atoms with Crippen LogP contribution in [0.1, 0.15) is 16.7 Å². The number of benzene rings is 1. The molecule has 2 N–H and O–H groups in total. The molecular weight excluding hydrogens is 265 g/mol. The second-order valence-corrected chi connectivity index (χ2v) is 4.00. The first-order valence-corrected chi connectivity index (χ1v) is 4.80. The number of halogens is 1. The largest absolute Gasteiger partial charge is 0.300 e. The standard InChI is InChI=1S/C9H12INO/c1-6-3-8(5-12-11)9(10)4-7(6)2/h3-4H,5,11H2,1-2H3. The van der Waals surface area contributed by atoms with Crippen molar-refractivity contribution in [3.05, 3.63) is 32.4 Å². The van der Waals surface area contributed by atoms with E-state index in [4.69, 9.17) is 5.90 Å². The topological polar surface area (TPSA) is 35.2 Å². The maximum Gasteiger partial charge on any atom is 0.0940 e. The van der Waals surface area contributed by atoms with E-state index in [9.17, 15) is 0 Å². The van der Waals surface area contributed by atoms with E-state index in [1.54, 1.807) is 0 Å². The highest BCUT2D eigenvalue weighted by Crippen LogP contribution is 2.18. The van der Waals surface area contributed by atoms with Gasteiger partial charge in [-0.2, -0.15) is 0 Å². The number of rotatable bonds is 2. The Hall–Kier alpha value is -0.130. The van der Waals surface area contributed by atoms with Crippen molar-refractivity contribution in [1.82, 2.24) is 0 Å². The van der Waals surface area contributed by atoms with Gasteiger partial charge in [-0.15, -0.1) is 0 Å². The Morgan fingerprint density at radius 2 is 1.92 bits per heavy atom. The average molecular weight is 277 g/mol. The molecule has 0 radical (unpaired) electrons. The van der Waals surface area contributed by atoms with E-state index in [0.29, 0.717) is 6.61 Å². The van der Waals surface area contributed by atoms with Gasteiger partial charge in [0, 0.05) is 3.57 Å². The molecule has 2 nitrogen and oxygen atoms in total. The van der Waals surface area contributed by atoms with Crippen LogP contribution in [0.25, 0.3) is 0 Å². The Bertz CT molecular complexity index is 286. The van der Waals surface area contributed by atoms with E-state index in [0.717, 1.165) is 5.56 Å². The summed E-state index contributed by atoms with van der Waals surface area (Å²) in [6.45, 7) is 4.68. The molecule has 1 aromatic carbocycles. The first-order chi connectivity index (χ1) is 5.65. The fourth-order valence-corrected chi connectivity index (χ4v) is 1.82. The van der Waals surface area contributed by atoms with Gasteiger partial charge in [0.1, 0.15) is 0 Å². The Kier molecular flexibility index (Phi) is 3.49. The van der Waals surface area contributed by atoms with Gasteiger partial charge in [0.25, 0.3) is 0 Å². The smallest absolute Gasteiger partial charge is 0.0940 e. The van der Waals surface area contributed by atoms with Crippen LogP contribution in [0.4, 0.5) is 0 Å². The Morgan fingerprint density at radius 3 is 2.50 bits per heavy atom. The van der Waals surface area contributed by atoms with E-state index in [1.807, 2.05) is 0 Å². The zero-order valence-corrected chi connectivity index (χ0v) is 9.38. The fraction of sp³-hybridized carbons (Fsp3) is 0.333. The summed E-state index contributed by atoms with van der Waals surface area (Å²) in [5, 5.41) is 0. The van der Waals surface area contributed by atoms with Crippen LogP contribution in [-0.2, 0) is 11.4 Å². The molecular formula is C9H12INO. The molecule has 1 aromatic rings. The van der Waals surface area contributed by atoms with Crippen molar-refractivity contribution in [3.63, 3.8) is 0 Å². The molecule has 1 rings (SSSR count). The predicted octanol–water partition coefficient (Wildman–Crippen LogP) is 2.30. The van der Waals surface area contributed by atoms with Gasteiger partial charge in [-0.05, 0) is 59.2 Å². The quantitative estimate of drug-likeness (QED) is 0.665. The van der Waals surface area contributed by atoms with Crippen LogP contribution in [0.5, 0.6) is 0 Å². The second kappa shape index (κ2) is 4.20. The van der Waals surface area contributed by atoms with Gasteiger partial charge in [0.05, 0.1) is 6.61 Å². The van der Waals surface area contributed by atoms with Crippen LogP contribution in [0.3, 0.4) is 0 Å². The molecule has 0 amide bonds. The molecule has 0 bridgehead atoms. The fourth-order valence-electron chi connectivity index (χ4n) is 1.04. The molecule has 0 heterocycles. The minimum Gasteiger partial charge on any atom is -0.300 e. The summed E-state index contributed by atoms with van der Waals surface area (Å²) >= 11 is 2.29. The van der Waals surface area contributed by atoms with Gasteiger partial charge in [0.2, 0.25) is 0 Å². The van der Waals surface area contributed by atoms with Crippen LogP contribution in [0, 0.1) is 17.4 Å². The lowest BCUT2D eigenvalue weighted by Gasteiger charge is -2.06. The second-order valence-electron chi connectivity index (χ2n) is 2.84. The molecule has 0 aliphatic carbocycles. The Balaban J connectivity index is 3.05.